The number of hydrogen-bond donors (Lipinski definition) is 2. The van der Waals surface area contributed by atoms with Gasteiger partial charge in [-0.25, -0.2) is 0 Å². The van der Waals surface area contributed by atoms with Crippen LogP contribution in [0.5, 0.6) is 0 Å². The van der Waals surface area contributed by atoms with Crippen LogP contribution in [-0.2, 0) is 0 Å². The van der Waals surface area contributed by atoms with E-state index in [4.69, 9.17) is 5.73 Å². The predicted octanol–water partition coefficient (Wildman–Crippen LogP) is 2.95. The molecule has 3 N–H and O–H groups in total. The van der Waals surface area contributed by atoms with Crippen molar-refractivity contribution in [2.45, 2.75) is 32.2 Å². The highest BCUT2D eigenvalue weighted by Gasteiger charge is 2.23. The molecule has 1 aromatic carbocycles. The smallest absolute Gasteiger partial charge is 0.251 e. The molecule has 4 heteroatoms. The Labute approximate surface area is 110 Å². The van der Waals surface area contributed by atoms with Crippen molar-refractivity contribution in [2.24, 2.45) is 5.92 Å². The highest BCUT2D eigenvalue weighted by molar-refractivity contribution is 9.10. The van der Waals surface area contributed by atoms with Crippen LogP contribution in [0.15, 0.2) is 22.7 Å². The lowest BCUT2D eigenvalue weighted by atomic mass is 10.1. The minimum atomic E-state index is -0.00944. The number of hydrogen-bond acceptors (Lipinski definition) is 2. The number of halogens is 1. The first-order chi connectivity index (χ1) is 8.06. The molecular weight excluding hydrogens is 280 g/mol. The van der Waals surface area contributed by atoms with E-state index in [0.29, 0.717) is 17.3 Å². The summed E-state index contributed by atoms with van der Waals surface area (Å²) in [5.41, 5.74) is 7.00. The first-order valence-electron chi connectivity index (χ1n) is 5.92. The Morgan fingerprint density at radius 3 is 2.82 bits per heavy atom. The van der Waals surface area contributed by atoms with Gasteiger partial charge in [-0.2, -0.15) is 0 Å². The lowest BCUT2D eigenvalue weighted by Gasteiger charge is -2.12. The van der Waals surface area contributed by atoms with Crippen molar-refractivity contribution in [3.05, 3.63) is 28.2 Å². The zero-order valence-electron chi connectivity index (χ0n) is 9.87. The van der Waals surface area contributed by atoms with Crippen molar-refractivity contribution in [1.82, 2.24) is 5.32 Å². The molecule has 2 unspecified atom stereocenters. The molecule has 2 atom stereocenters. The molecule has 2 rings (SSSR count). The fraction of sp³-hybridized carbons (Fsp3) is 0.462. The molecule has 92 valence electrons. The molecule has 0 aromatic heterocycles. The average Bonchev–Trinajstić information content (AvgIpc) is 2.68. The molecule has 3 nitrogen and oxygen atoms in total. The summed E-state index contributed by atoms with van der Waals surface area (Å²) in [4.78, 5) is 12.0. The van der Waals surface area contributed by atoms with Crippen LogP contribution in [0.25, 0.3) is 0 Å². The second kappa shape index (κ2) is 5.08. The Morgan fingerprint density at radius 2 is 2.24 bits per heavy atom. The number of nitrogens with two attached hydrogens (primary N) is 1. The Bertz CT molecular complexity index is 433. The third-order valence-electron chi connectivity index (χ3n) is 3.29. The highest BCUT2D eigenvalue weighted by Crippen LogP contribution is 2.25. The molecule has 0 spiro atoms. The van der Waals surface area contributed by atoms with Gasteiger partial charge in [0.15, 0.2) is 0 Å². The van der Waals surface area contributed by atoms with Gasteiger partial charge in [0.25, 0.3) is 5.91 Å². The molecule has 0 saturated heterocycles. The molecule has 1 aromatic rings. The monoisotopic (exact) mass is 296 g/mol. The summed E-state index contributed by atoms with van der Waals surface area (Å²) in [6, 6.07) is 5.60. The molecule has 0 aliphatic heterocycles. The van der Waals surface area contributed by atoms with E-state index in [1.807, 2.05) is 0 Å². The Morgan fingerprint density at radius 1 is 1.47 bits per heavy atom. The van der Waals surface area contributed by atoms with Crippen molar-refractivity contribution in [3.63, 3.8) is 0 Å². The maximum atomic E-state index is 12.0. The predicted molar refractivity (Wildman–Crippen MR) is 72.8 cm³/mol. The normalized spacial score (nSPS) is 23.6. The third-order valence-corrected chi connectivity index (χ3v) is 3.98. The number of nitrogens with one attached hydrogen (secondary N) is 1. The summed E-state index contributed by atoms with van der Waals surface area (Å²) >= 11 is 3.33. The summed E-state index contributed by atoms with van der Waals surface area (Å²) < 4.78 is 0.768. The van der Waals surface area contributed by atoms with Crippen LogP contribution >= 0.6 is 15.9 Å². The summed E-state index contributed by atoms with van der Waals surface area (Å²) in [7, 11) is 0. The molecule has 1 saturated carbocycles. The third kappa shape index (κ3) is 3.00. The minimum absolute atomic E-state index is 0.00944. The summed E-state index contributed by atoms with van der Waals surface area (Å²) in [6.07, 6.45) is 3.38. The van der Waals surface area contributed by atoms with E-state index in [1.165, 1.54) is 6.42 Å². The summed E-state index contributed by atoms with van der Waals surface area (Å²) in [5, 5.41) is 3.07. The van der Waals surface area contributed by atoms with Crippen LogP contribution in [0, 0.1) is 5.92 Å². The van der Waals surface area contributed by atoms with Crippen molar-refractivity contribution < 1.29 is 4.79 Å². The number of carbonyl (C=O) groups excluding carboxylic acids is 1. The van der Waals surface area contributed by atoms with Crippen LogP contribution in [-0.4, -0.2) is 11.9 Å². The molecule has 1 fully saturated rings. The summed E-state index contributed by atoms with van der Waals surface area (Å²) in [6.45, 7) is 2.23. The molecule has 0 heterocycles. The first-order valence-corrected chi connectivity index (χ1v) is 6.71. The van der Waals surface area contributed by atoms with E-state index in [9.17, 15) is 4.79 Å². The Kier molecular flexibility index (Phi) is 3.72. The van der Waals surface area contributed by atoms with Gasteiger partial charge in [0.05, 0.1) is 0 Å². The van der Waals surface area contributed by atoms with E-state index in [-0.39, 0.29) is 5.91 Å². The van der Waals surface area contributed by atoms with Crippen LogP contribution in [0.3, 0.4) is 0 Å². The minimum Gasteiger partial charge on any atom is -0.398 e. The van der Waals surface area contributed by atoms with Crippen LogP contribution in [0.1, 0.15) is 36.5 Å². The van der Waals surface area contributed by atoms with E-state index in [1.54, 1.807) is 18.2 Å². The van der Waals surface area contributed by atoms with Crippen LogP contribution < -0.4 is 11.1 Å². The second-order valence-corrected chi connectivity index (χ2v) is 5.68. The molecule has 1 amide bonds. The zero-order chi connectivity index (χ0) is 12.4. The number of amides is 1. The maximum absolute atomic E-state index is 12.0. The molecule has 1 aliphatic rings. The van der Waals surface area contributed by atoms with Crippen molar-refractivity contribution in [1.29, 1.82) is 0 Å². The van der Waals surface area contributed by atoms with Crippen molar-refractivity contribution in [2.75, 3.05) is 5.73 Å². The van der Waals surface area contributed by atoms with E-state index in [2.05, 4.69) is 28.2 Å². The van der Waals surface area contributed by atoms with Gasteiger partial charge in [-0.1, -0.05) is 6.92 Å². The van der Waals surface area contributed by atoms with Crippen LogP contribution in [0.4, 0.5) is 5.69 Å². The van der Waals surface area contributed by atoms with Gasteiger partial charge in [0.1, 0.15) is 0 Å². The average molecular weight is 297 g/mol. The second-order valence-electron chi connectivity index (χ2n) is 4.82. The van der Waals surface area contributed by atoms with E-state index in [0.717, 1.165) is 23.2 Å². The largest absolute Gasteiger partial charge is 0.398 e. The van der Waals surface area contributed by atoms with E-state index < -0.39 is 0 Å². The van der Waals surface area contributed by atoms with Gasteiger partial charge in [0, 0.05) is 21.8 Å². The van der Waals surface area contributed by atoms with Crippen LogP contribution in [0.2, 0.25) is 0 Å². The maximum Gasteiger partial charge on any atom is 0.251 e. The topological polar surface area (TPSA) is 55.1 Å². The lowest BCUT2D eigenvalue weighted by molar-refractivity contribution is 0.0937. The Balaban J connectivity index is 2.02. The van der Waals surface area contributed by atoms with Gasteiger partial charge in [-0.05, 0) is 59.3 Å². The fourth-order valence-electron chi connectivity index (χ4n) is 2.28. The Hall–Kier alpha value is -1.03. The molecule has 0 radical (unpaired) electrons. The number of rotatable bonds is 2. The van der Waals surface area contributed by atoms with Crippen molar-refractivity contribution >= 4 is 27.5 Å². The first kappa shape index (κ1) is 12.4. The lowest BCUT2D eigenvalue weighted by Crippen LogP contribution is -2.32. The van der Waals surface area contributed by atoms with Gasteiger partial charge in [-0.3, -0.25) is 4.79 Å². The van der Waals surface area contributed by atoms with Crippen molar-refractivity contribution in [3.8, 4) is 0 Å². The fourth-order valence-corrected chi connectivity index (χ4v) is 2.65. The van der Waals surface area contributed by atoms with Gasteiger partial charge in [0.2, 0.25) is 0 Å². The standard InChI is InChI=1S/C13H17BrN2O/c1-8-2-4-10(6-8)16-13(17)9-3-5-12(15)11(14)7-9/h3,5,7-8,10H,2,4,6,15H2,1H3,(H,16,17). The SMILES string of the molecule is CC1CCC(NC(=O)c2ccc(N)c(Br)c2)C1. The number of nitrogen functional groups attached to an aromatic ring is 1. The van der Waals surface area contributed by atoms with Gasteiger partial charge >= 0.3 is 0 Å². The molecular formula is C13H17BrN2O. The molecule has 0 bridgehead atoms. The quantitative estimate of drug-likeness (QED) is 0.825. The van der Waals surface area contributed by atoms with E-state index >= 15 is 0 Å². The number of anilines is 1. The number of benzene rings is 1. The summed E-state index contributed by atoms with van der Waals surface area (Å²) in [5.74, 6) is 0.711. The number of carbonyl (C=O) groups is 1. The highest BCUT2D eigenvalue weighted by atomic mass is 79.9. The molecule has 17 heavy (non-hydrogen) atoms. The molecule has 1 aliphatic carbocycles. The van der Waals surface area contributed by atoms with Gasteiger partial charge < -0.3 is 11.1 Å². The van der Waals surface area contributed by atoms with Gasteiger partial charge in [-0.15, -0.1) is 0 Å². The zero-order valence-corrected chi connectivity index (χ0v) is 11.5.